The first kappa shape index (κ1) is 26.4. The van der Waals surface area contributed by atoms with Crippen molar-refractivity contribution in [2.75, 3.05) is 0 Å². The van der Waals surface area contributed by atoms with Crippen LogP contribution in [0.4, 0.5) is 0 Å². The van der Waals surface area contributed by atoms with Crippen LogP contribution in [0.25, 0.3) is 9.75 Å². The van der Waals surface area contributed by atoms with Gasteiger partial charge in [-0.1, -0.05) is 84.6 Å². The lowest BCUT2D eigenvalue weighted by molar-refractivity contribution is 0.442. The van der Waals surface area contributed by atoms with Crippen LogP contribution in [0.1, 0.15) is 99.6 Å². The summed E-state index contributed by atoms with van der Waals surface area (Å²) in [7, 11) is -1.97. The lowest BCUT2D eigenvalue weighted by atomic mass is 9.97. The highest BCUT2D eigenvalue weighted by molar-refractivity contribution is 7.38. The maximum Gasteiger partial charge on any atom is 0.164 e. The number of hydrogen-bond acceptors (Lipinski definition) is 3. The predicted molar refractivity (Wildman–Crippen MR) is 161 cm³/mol. The molecule has 0 radical (unpaired) electrons. The molecule has 0 amide bonds. The maximum atomic E-state index is 2.62. The quantitative estimate of drug-likeness (QED) is 0.145. The van der Waals surface area contributed by atoms with E-state index in [1.54, 1.807) is 29.5 Å². The molecule has 0 spiro atoms. The molecule has 0 fully saturated rings. The van der Waals surface area contributed by atoms with Gasteiger partial charge in [-0.2, -0.15) is 0 Å². The highest BCUT2D eigenvalue weighted by Crippen LogP contribution is 2.42. The third kappa shape index (κ3) is 5.35. The summed E-state index contributed by atoms with van der Waals surface area (Å²) in [5.74, 6) is 0.865. The van der Waals surface area contributed by atoms with E-state index in [1.807, 2.05) is 0 Å². The van der Waals surface area contributed by atoms with Gasteiger partial charge < -0.3 is 0 Å². The topological polar surface area (TPSA) is 0 Å². The van der Waals surface area contributed by atoms with E-state index in [2.05, 4.69) is 92.9 Å². The van der Waals surface area contributed by atoms with Gasteiger partial charge >= 0.3 is 0 Å². The smallest absolute Gasteiger partial charge is 0.149 e. The summed E-state index contributed by atoms with van der Waals surface area (Å²) in [6.45, 7) is 11.7. The van der Waals surface area contributed by atoms with E-state index in [-0.39, 0.29) is 0 Å². The van der Waals surface area contributed by atoms with Crippen molar-refractivity contribution in [2.24, 2.45) is 5.92 Å². The predicted octanol–water partition coefficient (Wildman–Crippen LogP) is 9.06. The summed E-state index contributed by atoms with van der Waals surface area (Å²) >= 11 is 6.32. The first-order chi connectivity index (χ1) is 16.5. The SMILES string of the molecule is CCCCCCC(CCCC)C[Si]1(c2ccc(CCCC)s2)c2cc(C)sc2-c2sc(C)cc21. The average Bonchev–Trinajstić information content (AvgIpc) is 3.58. The van der Waals surface area contributed by atoms with Crippen molar-refractivity contribution in [3.8, 4) is 9.75 Å². The van der Waals surface area contributed by atoms with Gasteiger partial charge in [-0.05, 0) is 67.2 Å². The van der Waals surface area contributed by atoms with Crippen molar-refractivity contribution in [1.29, 1.82) is 0 Å². The Balaban J connectivity index is 1.78. The molecule has 1 aliphatic rings. The standard InChI is InChI=1S/C30H44S3Si/c1-6-9-12-13-15-24(14-10-7-2)21-34(28-18-17-25(33-28)16-11-8-3)26-19-22(4)31-29(26)30-27(34)20-23(5)32-30/h17-20,24H,6-16,21H2,1-5H3. The van der Waals surface area contributed by atoms with Crippen LogP contribution < -0.4 is 14.9 Å². The van der Waals surface area contributed by atoms with Crippen molar-refractivity contribution in [1.82, 2.24) is 0 Å². The highest BCUT2D eigenvalue weighted by Gasteiger charge is 2.51. The van der Waals surface area contributed by atoms with Crippen LogP contribution in [0.5, 0.6) is 0 Å². The van der Waals surface area contributed by atoms with Crippen LogP contribution in [0.2, 0.25) is 6.04 Å². The Bertz CT molecular complexity index is 1010. The fraction of sp³-hybridized carbons (Fsp3) is 0.600. The fourth-order valence-electron chi connectivity index (χ4n) is 5.96. The van der Waals surface area contributed by atoms with Crippen molar-refractivity contribution >= 4 is 57.0 Å². The van der Waals surface area contributed by atoms with E-state index in [9.17, 15) is 0 Å². The lowest BCUT2D eigenvalue weighted by Crippen LogP contribution is -2.64. The lowest BCUT2D eigenvalue weighted by Gasteiger charge is -2.32. The summed E-state index contributed by atoms with van der Waals surface area (Å²) in [4.78, 5) is 7.91. The van der Waals surface area contributed by atoms with Crippen LogP contribution >= 0.6 is 34.0 Å². The Morgan fingerprint density at radius 3 is 1.94 bits per heavy atom. The second-order valence-electron chi connectivity index (χ2n) is 10.5. The van der Waals surface area contributed by atoms with E-state index >= 15 is 0 Å². The number of thiophene rings is 3. The van der Waals surface area contributed by atoms with Crippen LogP contribution in [0, 0.1) is 19.8 Å². The third-order valence-corrected chi connectivity index (χ3v) is 17.5. The second-order valence-corrected chi connectivity index (χ2v) is 18.4. The van der Waals surface area contributed by atoms with Crippen molar-refractivity contribution < 1.29 is 0 Å². The van der Waals surface area contributed by atoms with Gasteiger partial charge in [0.25, 0.3) is 0 Å². The van der Waals surface area contributed by atoms with Crippen LogP contribution in [0.3, 0.4) is 0 Å². The van der Waals surface area contributed by atoms with E-state index in [4.69, 9.17) is 0 Å². The molecule has 1 unspecified atom stereocenters. The molecule has 0 N–H and O–H groups in total. The molecule has 3 aromatic heterocycles. The molecular weight excluding hydrogens is 485 g/mol. The van der Waals surface area contributed by atoms with Gasteiger partial charge in [0.15, 0.2) is 8.07 Å². The monoisotopic (exact) mass is 528 g/mol. The van der Waals surface area contributed by atoms with Gasteiger partial charge in [0.05, 0.1) is 0 Å². The minimum absolute atomic E-state index is 0.865. The number of aryl methyl sites for hydroxylation is 3. The Hall–Kier alpha value is -0.683. The molecule has 3 aromatic rings. The van der Waals surface area contributed by atoms with Gasteiger partial charge in [0, 0.05) is 28.9 Å². The Morgan fingerprint density at radius 2 is 1.32 bits per heavy atom. The van der Waals surface area contributed by atoms with E-state index in [0.29, 0.717) is 0 Å². The molecule has 4 heterocycles. The second kappa shape index (κ2) is 12.0. The molecule has 186 valence electrons. The molecule has 1 atom stereocenters. The van der Waals surface area contributed by atoms with Crippen molar-refractivity contribution in [3.63, 3.8) is 0 Å². The van der Waals surface area contributed by atoms with E-state index in [1.165, 1.54) is 86.4 Å². The zero-order valence-electron chi connectivity index (χ0n) is 22.1. The summed E-state index contributed by atoms with van der Waals surface area (Å²) in [6.07, 6.45) is 15.0. The molecule has 0 aliphatic carbocycles. The molecule has 0 aromatic carbocycles. The third-order valence-electron chi connectivity index (χ3n) is 7.72. The summed E-state index contributed by atoms with van der Waals surface area (Å²) < 4.78 is 1.75. The first-order valence-electron chi connectivity index (χ1n) is 13.8. The average molecular weight is 529 g/mol. The summed E-state index contributed by atoms with van der Waals surface area (Å²) in [6, 6.07) is 11.7. The molecule has 0 saturated heterocycles. The highest BCUT2D eigenvalue weighted by atomic mass is 32.1. The summed E-state index contributed by atoms with van der Waals surface area (Å²) in [5.41, 5.74) is 0. The van der Waals surface area contributed by atoms with E-state index < -0.39 is 8.07 Å². The Labute approximate surface area is 221 Å². The van der Waals surface area contributed by atoms with Crippen LogP contribution in [-0.2, 0) is 6.42 Å². The zero-order valence-corrected chi connectivity index (χ0v) is 25.5. The van der Waals surface area contributed by atoms with Gasteiger partial charge in [-0.3, -0.25) is 0 Å². The van der Waals surface area contributed by atoms with Crippen LogP contribution in [-0.4, -0.2) is 8.07 Å². The van der Waals surface area contributed by atoms with Crippen molar-refractivity contribution in [2.45, 2.75) is 111 Å². The Morgan fingerprint density at radius 1 is 0.706 bits per heavy atom. The molecule has 4 heteroatoms. The van der Waals surface area contributed by atoms with Gasteiger partial charge in [-0.15, -0.1) is 34.0 Å². The van der Waals surface area contributed by atoms with Crippen molar-refractivity contribution in [3.05, 3.63) is 38.9 Å². The van der Waals surface area contributed by atoms with Gasteiger partial charge in [0.2, 0.25) is 0 Å². The molecule has 34 heavy (non-hydrogen) atoms. The van der Waals surface area contributed by atoms with Gasteiger partial charge in [-0.25, -0.2) is 0 Å². The molecule has 0 nitrogen and oxygen atoms in total. The molecule has 0 bridgehead atoms. The molecule has 4 rings (SSSR count). The molecular formula is C30H44S3Si. The largest absolute Gasteiger partial charge is 0.164 e. The minimum Gasteiger partial charge on any atom is -0.149 e. The van der Waals surface area contributed by atoms with Gasteiger partial charge in [0.1, 0.15) is 0 Å². The zero-order chi connectivity index (χ0) is 24.1. The number of fused-ring (bicyclic) bond motifs is 3. The molecule has 0 saturated carbocycles. The first-order valence-corrected chi connectivity index (χ1v) is 18.5. The number of rotatable bonds is 14. The van der Waals surface area contributed by atoms with Crippen LogP contribution in [0.15, 0.2) is 24.3 Å². The maximum absolute atomic E-state index is 2.62. The van der Waals surface area contributed by atoms with E-state index in [0.717, 1.165) is 5.92 Å². The number of hydrogen-bond donors (Lipinski definition) is 0. The molecule has 1 aliphatic heterocycles. The minimum atomic E-state index is -1.97. The Kier molecular flexibility index (Phi) is 9.34. The summed E-state index contributed by atoms with van der Waals surface area (Å²) in [5, 5.41) is 3.55. The fourth-order valence-corrected chi connectivity index (χ4v) is 17.5. The number of unbranched alkanes of at least 4 members (excludes halogenated alkanes) is 5. The normalized spacial score (nSPS) is 15.0.